The maximum atomic E-state index is 13.1. The van der Waals surface area contributed by atoms with Gasteiger partial charge in [0.2, 0.25) is 0 Å². The van der Waals surface area contributed by atoms with Crippen molar-refractivity contribution < 1.29 is 62.6 Å². The summed E-state index contributed by atoms with van der Waals surface area (Å²) in [4.78, 5) is 16.7. The third-order valence-electron chi connectivity index (χ3n) is 2.79. The molecule has 0 aliphatic heterocycles. The van der Waals surface area contributed by atoms with E-state index in [1.807, 2.05) is 0 Å². The molecular formula is C9H10F11O3P. The minimum absolute atomic E-state index is 0.878. The Balaban J connectivity index is 5.35. The van der Waals surface area contributed by atoms with Crippen molar-refractivity contribution in [3.63, 3.8) is 0 Å². The highest BCUT2D eigenvalue weighted by Crippen LogP contribution is 2.58. The van der Waals surface area contributed by atoms with E-state index in [0.29, 0.717) is 0 Å². The molecule has 0 heterocycles. The van der Waals surface area contributed by atoms with Crippen molar-refractivity contribution in [3.05, 3.63) is 0 Å². The monoisotopic (exact) mass is 406 g/mol. The van der Waals surface area contributed by atoms with Gasteiger partial charge in [-0.3, -0.25) is 4.57 Å². The van der Waals surface area contributed by atoms with Gasteiger partial charge >= 0.3 is 37.5 Å². The Morgan fingerprint density at radius 1 is 0.667 bits per heavy atom. The van der Waals surface area contributed by atoms with Crippen LogP contribution in [0.5, 0.6) is 0 Å². The first-order valence-electron chi connectivity index (χ1n) is 5.83. The highest BCUT2D eigenvalue weighted by Gasteiger charge is 2.86. The summed E-state index contributed by atoms with van der Waals surface area (Å²) in [7, 11) is -4.72. The van der Waals surface area contributed by atoms with Gasteiger partial charge in [-0.05, 0) is 12.8 Å². The zero-order chi connectivity index (χ0) is 19.8. The summed E-state index contributed by atoms with van der Waals surface area (Å²) >= 11 is 0. The lowest BCUT2D eigenvalue weighted by Gasteiger charge is -2.37. The minimum Gasteiger partial charge on any atom is -0.324 e. The molecule has 0 saturated carbocycles. The highest BCUT2D eigenvalue weighted by molar-refractivity contribution is 7.51. The van der Waals surface area contributed by atoms with E-state index in [2.05, 4.69) is 0 Å². The standard InChI is InChI=1S/C9H10F11O3P/c10-5(11,3-1-2-4-24(21,22)23)6(12,13)7(14,15)8(16,17)9(18,19)20/h1-4H2,(H2,21,22,23). The Bertz CT molecular complexity index is 482. The molecule has 0 aliphatic rings. The first-order chi connectivity index (χ1) is 10.2. The molecule has 24 heavy (non-hydrogen) atoms. The topological polar surface area (TPSA) is 57.5 Å². The van der Waals surface area contributed by atoms with Crippen LogP contribution in [-0.2, 0) is 4.57 Å². The zero-order valence-electron chi connectivity index (χ0n) is 11.2. The van der Waals surface area contributed by atoms with Gasteiger partial charge in [-0.1, -0.05) is 0 Å². The molecule has 0 atom stereocenters. The molecule has 0 aromatic carbocycles. The van der Waals surface area contributed by atoms with E-state index < -0.39 is 62.9 Å². The van der Waals surface area contributed by atoms with Crippen LogP contribution in [0.25, 0.3) is 0 Å². The van der Waals surface area contributed by atoms with Crippen LogP contribution in [0.4, 0.5) is 48.3 Å². The molecule has 0 radical (unpaired) electrons. The maximum Gasteiger partial charge on any atom is 0.460 e. The van der Waals surface area contributed by atoms with Crippen molar-refractivity contribution in [2.75, 3.05) is 6.16 Å². The van der Waals surface area contributed by atoms with Crippen molar-refractivity contribution in [1.82, 2.24) is 0 Å². The fraction of sp³-hybridized carbons (Fsp3) is 1.00. The first kappa shape index (κ1) is 23.4. The molecule has 0 saturated heterocycles. The summed E-state index contributed by atoms with van der Waals surface area (Å²) in [6.07, 6.45) is -12.7. The molecule has 0 unspecified atom stereocenters. The Morgan fingerprint density at radius 2 is 1.08 bits per heavy atom. The van der Waals surface area contributed by atoms with Crippen LogP contribution in [0, 0.1) is 0 Å². The number of alkyl halides is 11. The Hall–Kier alpha value is -0.620. The molecule has 2 N–H and O–H groups in total. The van der Waals surface area contributed by atoms with Gasteiger partial charge in [0.1, 0.15) is 0 Å². The smallest absolute Gasteiger partial charge is 0.324 e. The van der Waals surface area contributed by atoms with Crippen molar-refractivity contribution in [2.45, 2.75) is 49.1 Å². The molecule has 3 nitrogen and oxygen atoms in total. The van der Waals surface area contributed by atoms with E-state index in [0.717, 1.165) is 0 Å². The van der Waals surface area contributed by atoms with Gasteiger partial charge in [0.05, 0.1) is 0 Å². The summed E-state index contributed by atoms with van der Waals surface area (Å²) in [5, 5.41) is 0. The number of unbranched alkanes of at least 4 members (excludes halogenated alkanes) is 1. The van der Waals surface area contributed by atoms with Crippen LogP contribution < -0.4 is 0 Å². The van der Waals surface area contributed by atoms with Crippen LogP contribution in [0.3, 0.4) is 0 Å². The Morgan fingerprint density at radius 3 is 1.42 bits per heavy atom. The summed E-state index contributed by atoms with van der Waals surface area (Å²) in [6, 6.07) is 0. The van der Waals surface area contributed by atoms with Crippen LogP contribution >= 0.6 is 7.60 Å². The number of hydrogen-bond acceptors (Lipinski definition) is 1. The third kappa shape index (κ3) is 4.51. The fourth-order valence-electron chi connectivity index (χ4n) is 1.43. The Kier molecular flexibility index (Phi) is 6.43. The second kappa shape index (κ2) is 6.60. The predicted octanol–water partition coefficient (Wildman–Crippen LogP) is 4.44. The van der Waals surface area contributed by atoms with Gasteiger partial charge in [-0.25, -0.2) is 0 Å². The van der Waals surface area contributed by atoms with Crippen molar-refractivity contribution >= 4 is 7.60 Å². The van der Waals surface area contributed by atoms with Gasteiger partial charge in [0.25, 0.3) is 0 Å². The largest absolute Gasteiger partial charge is 0.460 e. The summed E-state index contributed by atoms with van der Waals surface area (Å²) in [6.45, 7) is 0. The van der Waals surface area contributed by atoms with Crippen molar-refractivity contribution in [2.24, 2.45) is 0 Å². The molecule has 0 rings (SSSR count). The van der Waals surface area contributed by atoms with Gasteiger partial charge in [-0.2, -0.15) is 48.3 Å². The zero-order valence-corrected chi connectivity index (χ0v) is 12.1. The average molecular weight is 406 g/mol. The summed E-state index contributed by atoms with van der Waals surface area (Å²) in [5.74, 6) is -27.9. The molecule has 0 aromatic rings. The lowest BCUT2D eigenvalue weighted by atomic mass is 9.95. The molecule has 0 spiro atoms. The fourth-order valence-corrected chi connectivity index (χ4v) is 2.06. The quantitative estimate of drug-likeness (QED) is 0.356. The average Bonchev–Trinajstić information content (AvgIpc) is 2.31. The van der Waals surface area contributed by atoms with Gasteiger partial charge in [-0.15, -0.1) is 0 Å². The molecule has 15 heteroatoms. The van der Waals surface area contributed by atoms with E-state index in [1.165, 1.54) is 0 Å². The van der Waals surface area contributed by atoms with Crippen molar-refractivity contribution in [1.29, 1.82) is 0 Å². The van der Waals surface area contributed by atoms with Gasteiger partial charge < -0.3 is 9.79 Å². The van der Waals surface area contributed by atoms with E-state index >= 15 is 0 Å². The molecule has 146 valence electrons. The second-order valence-corrected chi connectivity index (χ2v) is 6.55. The van der Waals surface area contributed by atoms with Crippen LogP contribution in [0.2, 0.25) is 0 Å². The molecule has 0 fully saturated rings. The molecule has 0 bridgehead atoms. The highest BCUT2D eigenvalue weighted by atomic mass is 31.2. The number of rotatable bonds is 8. The molecular weight excluding hydrogens is 396 g/mol. The van der Waals surface area contributed by atoms with E-state index in [4.69, 9.17) is 9.79 Å². The third-order valence-corrected chi connectivity index (χ3v) is 3.69. The minimum atomic E-state index is -7.45. The SMILES string of the molecule is O=P(O)(O)CCCCC(F)(F)C(F)(F)C(F)(F)C(F)(F)C(F)(F)F. The predicted molar refractivity (Wildman–Crippen MR) is 56.6 cm³/mol. The Labute approximate surface area is 127 Å². The van der Waals surface area contributed by atoms with Gasteiger partial charge in [0, 0.05) is 12.6 Å². The lowest BCUT2D eigenvalue weighted by molar-refractivity contribution is -0.422. The van der Waals surface area contributed by atoms with E-state index in [9.17, 15) is 52.9 Å². The first-order valence-corrected chi connectivity index (χ1v) is 7.63. The second-order valence-electron chi connectivity index (χ2n) is 4.77. The molecule has 0 aromatic heterocycles. The van der Waals surface area contributed by atoms with E-state index in [1.54, 1.807) is 0 Å². The van der Waals surface area contributed by atoms with E-state index in [-0.39, 0.29) is 0 Å². The van der Waals surface area contributed by atoms with Gasteiger partial charge in [0.15, 0.2) is 0 Å². The number of hydrogen-bond donors (Lipinski definition) is 2. The lowest BCUT2D eigenvalue weighted by Crippen LogP contribution is -2.66. The molecule has 0 amide bonds. The molecule has 0 aliphatic carbocycles. The maximum absolute atomic E-state index is 13.1. The van der Waals surface area contributed by atoms with Crippen LogP contribution in [0.1, 0.15) is 19.3 Å². The summed E-state index contributed by atoms with van der Waals surface area (Å²) < 4.78 is 149. The number of halogens is 11. The van der Waals surface area contributed by atoms with Crippen LogP contribution in [0.15, 0.2) is 0 Å². The normalized spacial score (nSPS) is 15.7. The van der Waals surface area contributed by atoms with Crippen LogP contribution in [-0.4, -0.2) is 45.8 Å². The van der Waals surface area contributed by atoms with Crippen molar-refractivity contribution in [3.8, 4) is 0 Å². The summed E-state index contributed by atoms with van der Waals surface area (Å²) in [5.41, 5.74) is 0.